The molecule has 0 aliphatic carbocycles. The fraction of sp³-hybridized carbons (Fsp3) is 0.409. The first-order chi connectivity index (χ1) is 14.5. The molecule has 2 heterocycles. The average Bonchev–Trinajstić information content (AvgIpc) is 2.92. The highest BCUT2D eigenvalue weighted by Crippen LogP contribution is 2.36. The third-order valence-electron chi connectivity index (χ3n) is 6.16. The molecule has 0 spiro atoms. The molecule has 0 radical (unpaired) electrons. The molecule has 0 amide bonds. The van der Waals surface area contributed by atoms with Crippen LogP contribution >= 0.6 is 11.6 Å². The van der Waals surface area contributed by atoms with Crippen LogP contribution in [0, 0.1) is 6.92 Å². The Kier molecular flexibility index (Phi) is 5.36. The lowest BCUT2D eigenvalue weighted by molar-refractivity contribution is 0.00578. The van der Waals surface area contributed by atoms with E-state index in [0.29, 0.717) is 10.7 Å². The monoisotopic (exact) mass is 443 g/mol. The number of nitrogens with zero attached hydrogens (tertiary/aromatic N) is 2. The van der Waals surface area contributed by atoms with Crippen molar-refractivity contribution in [2.45, 2.75) is 52.4 Å². The summed E-state index contributed by atoms with van der Waals surface area (Å²) in [6.45, 7) is 10.3. The topological polar surface area (TPSA) is 70.4 Å². The van der Waals surface area contributed by atoms with Crippen molar-refractivity contribution in [3.63, 3.8) is 0 Å². The van der Waals surface area contributed by atoms with E-state index < -0.39 is 18.3 Å². The Morgan fingerprint density at radius 1 is 1.13 bits per heavy atom. The number of ether oxygens (including phenoxy) is 1. The zero-order valence-electron chi connectivity index (χ0n) is 18.7. The highest BCUT2D eigenvalue weighted by Gasteiger charge is 2.51. The van der Waals surface area contributed by atoms with E-state index in [1.807, 2.05) is 58.9 Å². The van der Waals surface area contributed by atoms with Gasteiger partial charge in [-0.3, -0.25) is 0 Å². The summed E-state index contributed by atoms with van der Waals surface area (Å²) < 4.78 is 21.2. The van der Waals surface area contributed by atoms with Crippen molar-refractivity contribution < 1.29 is 14.0 Å². The first-order valence-electron chi connectivity index (χ1n) is 10.2. The zero-order valence-corrected chi connectivity index (χ0v) is 19.4. The van der Waals surface area contributed by atoms with Crippen LogP contribution in [0.4, 0.5) is 0 Å². The van der Waals surface area contributed by atoms with Crippen LogP contribution in [0.3, 0.4) is 0 Å². The van der Waals surface area contributed by atoms with Crippen molar-refractivity contribution >= 4 is 24.2 Å². The molecule has 164 valence electrons. The summed E-state index contributed by atoms with van der Waals surface area (Å²) in [6.07, 6.45) is 0. The summed E-state index contributed by atoms with van der Waals surface area (Å²) in [5.74, 6) is 0.728. The second-order valence-electron chi connectivity index (χ2n) is 8.92. The van der Waals surface area contributed by atoms with Gasteiger partial charge >= 0.3 is 12.8 Å². The molecule has 1 aliphatic rings. The zero-order chi connectivity index (χ0) is 22.6. The van der Waals surface area contributed by atoms with Gasteiger partial charge in [0.05, 0.1) is 16.9 Å². The number of nitrogens with one attached hydrogen (secondary N) is 1. The van der Waals surface area contributed by atoms with Gasteiger partial charge < -0.3 is 14.0 Å². The Balaban J connectivity index is 1.54. The second kappa shape index (κ2) is 7.62. The minimum absolute atomic E-state index is 0.161. The molecular weight excluding hydrogens is 417 g/mol. The molecule has 1 aromatic heterocycles. The van der Waals surface area contributed by atoms with Crippen molar-refractivity contribution in [1.82, 2.24) is 14.6 Å². The second-order valence-corrected chi connectivity index (χ2v) is 9.32. The quantitative estimate of drug-likeness (QED) is 0.614. The fourth-order valence-electron chi connectivity index (χ4n) is 3.51. The van der Waals surface area contributed by atoms with Crippen LogP contribution in [0.1, 0.15) is 38.8 Å². The standard InChI is InChI=1S/C22H27BClN3O4/c1-14-12-15(23-30-21(2,3)22(4,5)31-23)10-11-19(14)29-13-16-17(24)8-7-9-18(16)27-20(28)26(6)25-27/h7-12,25H,13H2,1-6H3. The molecule has 2 aromatic carbocycles. The van der Waals surface area contributed by atoms with Crippen molar-refractivity contribution in [3.05, 3.63) is 63.0 Å². The Hall–Kier alpha value is -2.42. The SMILES string of the molecule is Cc1cc(B2OC(C)(C)C(C)(C)O2)ccc1OCc1c(Cl)cccc1-n1[nH]n(C)c1=O. The lowest BCUT2D eigenvalue weighted by Gasteiger charge is -2.32. The summed E-state index contributed by atoms with van der Waals surface area (Å²) >= 11 is 6.42. The Morgan fingerprint density at radius 2 is 1.81 bits per heavy atom. The highest BCUT2D eigenvalue weighted by molar-refractivity contribution is 6.62. The number of hydrogen-bond acceptors (Lipinski definition) is 4. The minimum Gasteiger partial charge on any atom is -0.488 e. The molecule has 9 heteroatoms. The lowest BCUT2D eigenvalue weighted by Crippen LogP contribution is -2.41. The van der Waals surface area contributed by atoms with Gasteiger partial charge in [0.2, 0.25) is 0 Å². The van der Waals surface area contributed by atoms with E-state index in [1.54, 1.807) is 19.2 Å². The maximum absolute atomic E-state index is 12.1. The van der Waals surface area contributed by atoms with Crippen molar-refractivity contribution in [2.75, 3.05) is 0 Å². The van der Waals surface area contributed by atoms with Gasteiger partial charge in [0.1, 0.15) is 12.4 Å². The van der Waals surface area contributed by atoms with Crippen LogP contribution in [0.25, 0.3) is 5.69 Å². The first kappa shape index (κ1) is 21.8. The molecule has 1 fully saturated rings. The van der Waals surface area contributed by atoms with Crippen LogP contribution in [-0.2, 0) is 23.0 Å². The maximum Gasteiger partial charge on any atom is 0.494 e. The number of halogens is 1. The largest absolute Gasteiger partial charge is 0.494 e. The number of rotatable bonds is 5. The van der Waals surface area contributed by atoms with E-state index in [9.17, 15) is 4.79 Å². The van der Waals surface area contributed by atoms with Crippen molar-refractivity contribution in [3.8, 4) is 11.4 Å². The highest BCUT2D eigenvalue weighted by atomic mass is 35.5. The molecule has 1 saturated heterocycles. The maximum atomic E-state index is 12.1. The molecule has 0 unspecified atom stereocenters. The lowest BCUT2D eigenvalue weighted by atomic mass is 9.78. The van der Waals surface area contributed by atoms with Crippen LogP contribution in [0.15, 0.2) is 41.2 Å². The third-order valence-corrected chi connectivity index (χ3v) is 6.51. The predicted molar refractivity (Wildman–Crippen MR) is 122 cm³/mol. The van der Waals surface area contributed by atoms with Crippen molar-refractivity contribution in [1.29, 1.82) is 0 Å². The number of hydrogen-bond donors (Lipinski definition) is 1. The van der Waals surface area contributed by atoms with E-state index in [-0.39, 0.29) is 12.3 Å². The number of benzene rings is 2. The summed E-state index contributed by atoms with van der Waals surface area (Å²) in [7, 11) is 1.23. The van der Waals surface area contributed by atoms with Crippen LogP contribution in [-0.4, -0.2) is 32.9 Å². The minimum atomic E-state index is -0.423. The Bertz CT molecular complexity index is 1160. The molecule has 0 atom stereocenters. The molecular formula is C22H27BClN3O4. The molecule has 7 nitrogen and oxygen atoms in total. The van der Waals surface area contributed by atoms with Crippen LogP contribution in [0.2, 0.25) is 5.02 Å². The normalized spacial score (nSPS) is 17.3. The van der Waals surface area contributed by atoms with Gasteiger partial charge in [0.15, 0.2) is 0 Å². The summed E-state index contributed by atoms with van der Waals surface area (Å²) in [6, 6.07) is 11.3. The number of aromatic amines is 1. The predicted octanol–water partition coefficient (Wildman–Crippen LogP) is 3.34. The van der Waals surface area contributed by atoms with E-state index >= 15 is 0 Å². The van der Waals surface area contributed by atoms with Gasteiger partial charge in [-0.15, -0.1) is 0 Å². The summed E-state index contributed by atoms with van der Waals surface area (Å²) in [4.78, 5) is 12.1. The molecule has 4 rings (SSSR count). The third kappa shape index (κ3) is 3.84. The Labute approximate surface area is 187 Å². The number of aryl methyl sites for hydroxylation is 2. The van der Waals surface area contributed by atoms with Crippen LogP contribution < -0.4 is 15.9 Å². The molecule has 1 N–H and O–H groups in total. The molecule has 3 aromatic rings. The summed E-state index contributed by atoms with van der Waals surface area (Å²) in [5, 5.41) is 3.45. The van der Waals surface area contributed by atoms with Gasteiger partial charge in [0, 0.05) is 17.6 Å². The number of aromatic nitrogens is 3. The molecule has 1 aliphatic heterocycles. The molecule has 0 bridgehead atoms. The van der Waals surface area contributed by atoms with E-state index in [0.717, 1.165) is 22.3 Å². The summed E-state index contributed by atoms with van der Waals surface area (Å²) in [5.41, 5.74) is 2.36. The number of H-pyrrole nitrogens is 1. The van der Waals surface area contributed by atoms with Crippen LogP contribution in [0.5, 0.6) is 5.75 Å². The smallest absolute Gasteiger partial charge is 0.488 e. The van der Waals surface area contributed by atoms with Gasteiger partial charge in [-0.1, -0.05) is 29.8 Å². The van der Waals surface area contributed by atoms with E-state index in [1.165, 1.54) is 9.36 Å². The average molecular weight is 444 g/mol. The van der Waals surface area contributed by atoms with E-state index in [2.05, 4.69) is 5.21 Å². The van der Waals surface area contributed by atoms with Gasteiger partial charge in [-0.05, 0) is 63.8 Å². The molecule has 0 saturated carbocycles. The van der Waals surface area contributed by atoms with Gasteiger partial charge in [-0.25, -0.2) is 14.7 Å². The van der Waals surface area contributed by atoms with E-state index in [4.69, 9.17) is 25.6 Å². The van der Waals surface area contributed by atoms with Crippen molar-refractivity contribution in [2.24, 2.45) is 7.05 Å². The first-order valence-corrected chi connectivity index (χ1v) is 10.6. The molecule has 31 heavy (non-hydrogen) atoms. The van der Waals surface area contributed by atoms with Gasteiger partial charge in [0.25, 0.3) is 0 Å². The van der Waals surface area contributed by atoms with Gasteiger partial charge in [-0.2, -0.15) is 4.68 Å². The fourth-order valence-corrected chi connectivity index (χ4v) is 3.73. The Morgan fingerprint density at radius 3 is 2.39 bits per heavy atom.